The van der Waals surface area contributed by atoms with Crippen molar-refractivity contribution in [1.29, 1.82) is 0 Å². The van der Waals surface area contributed by atoms with Gasteiger partial charge in [-0.05, 0) is 12.1 Å². The molecule has 1 aliphatic heterocycles. The third kappa shape index (κ3) is 9.17. The fourth-order valence-corrected chi connectivity index (χ4v) is 5.07. The minimum absolute atomic E-state index is 0. The number of nitrogens with zero attached hydrogens (tertiary/aromatic N) is 4. The fourth-order valence-electron chi connectivity index (χ4n) is 5.07. The maximum Gasteiger partial charge on any atom is 4.00 e. The van der Waals surface area contributed by atoms with E-state index in [1.54, 1.807) is 23.2 Å². The summed E-state index contributed by atoms with van der Waals surface area (Å²) in [5, 5.41) is 2.10. The Morgan fingerprint density at radius 1 is 0.725 bits per heavy atom. The molecule has 1 aliphatic rings. The summed E-state index contributed by atoms with van der Waals surface area (Å²) in [5.41, 5.74) is 4.07. The summed E-state index contributed by atoms with van der Waals surface area (Å²) in [6.45, 7) is 0. The second-order valence-electron chi connectivity index (χ2n) is 10.8. The number of hydrogen-bond acceptors (Lipinski definition) is 3. The molecule has 0 atom stereocenters. The quantitative estimate of drug-likeness (QED) is 0.0911. The third-order valence-corrected chi connectivity index (χ3v) is 7.35. The van der Waals surface area contributed by atoms with Crippen LogP contribution in [0.3, 0.4) is 0 Å². The number of pyridine rings is 1. The summed E-state index contributed by atoms with van der Waals surface area (Å²) < 4.78 is 17.5. The number of hydrogen-bond donors (Lipinski definition) is 0. The van der Waals surface area contributed by atoms with E-state index in [-0.39, 0.29) is 42.1 Å². The van der Waals surface area contributed by atoms with Crippen molar-refractivity contribution < 1.29 is 60.8 Å². The van der Waals surface area contributed by atoms with Crippen molar-refractivity contribution in [3.05, 3.63) is 177 Å². The molecule has 8 rings (SSSR count). The molecule has 2 aromatic heterocycles. The van der Waals surface area contributed by atoms with Crippen molar-refractivity contribution in [2.75, 3.05) is 7.05 Å². The predicted molar refractivity (Wildman–Crippen MR) is 187 cm³/mol. The van der Waals surface area contributed by atoms with Gasteiger partial charge in [-0.2, -0.15) is 30.3 Å². The first-order valence-corrected chi connectivity index (χ1v) is 15.3. The van der Waals surface area contributed by atoms with Gasteiger partial charge >= 0.3 is 48.1 Å². The van der Waals surface area contributed by atoms with Gasteiger partial charge in [0.15, 0.2) is 7.05 Å². The van der Waals surface area contributed by atoms with Gasteiger partial charge in [0.2, 0.25) is 6.20 Å². The van der Waals surface area contributed by atoms with E-state index in [2.05, 4.69) is 59.5 Å². The van der Waals surface area contributed by atoms with Crippen molar-refractivity contribution in [1.82, 2.24) is 9.55 Å². The van der Waals surface area contributed by atoms with Gasteiger partial charge in [0.1, 0.15) is 5.69 Å². The van der Waals surface area contributed by atoms with Crippen LogP contribution < -0.4 is 9.47 Å². The molecule has 248 valence electrons. The Hall–Kier alpha value is -5.55. The molecule has 51 heavy (non-hydrogen) atoms. The van der Waals surface area contributed by atoms with Gasteiger partial charge in [-0.1, -0.05) is 56.8 Å². The van der Waals surface area contributed by atoms with E-state index in [9.17, 15) is 0 Å². The molecule has 7 aromatic rings. The molecule has 0 amide bonds. The van der Waals surface area contributed by atoms with Gasteiger partial charge in [0.25, 0.3) is 6.20 Å². The standard InChI is InChI=1S/C37H22N3O2.C6H4N.2Pt/c1-39-19-20-40(26-39)37-25-34(22-29-9-5-6-16-35(29)37)42-33-15-8-11-30(23-33)36-24-28(17-18-38-36)27-10-7-14-32(21-27)41-31-12-3-2-4-13-31;1-2-7-5-3-4-6-7;;/h2-12,14-16,18-20,22,24H,1H3;3-6H;;/q-3;-1;+2;+4. The van der Waals surface area contributed by atoms with Gasteiger partial charge in [-0.15, -0.1) is 59.5 Å². The van der Waals surface area contributed by atoms with Crippen LogP contribution in [0.2, 0.25) is 0 Å². The molecule has 0 spiro atoms. The molecule has 0 radical (unpaired) electrons. The van der Waals surface area contributed by atoms with Crippen LogP contribution in [-0.2, 0) is 42.1 Å². The topological polar surface area (TPSA) is 42.3 Å². The Kier molecular flexibility index (Phi) is 12.5. The second kappa shape index (κ2) is 17.4. The molecule has 3 heterocycles. The molecule has 0 N–H and O–H groups in total. The average molecular weight is 1020 g/mol. The SMILES string of the molecule is C[N+]1=C=[N+](c2[c-]c(Oc3[c-]c(-c4cc(-c5[c-]c(Oc6[c-]cccc6)ccc5)[c-]cn4)ccc3)cc3ccccc23)C=C1.[C-]#Cn1cccc1.[Pt+2].[Pt+4]. The minimum atomic E-state index is 0. The zero-order chi connectivity index (χ0) is 33.4. The maximum atomic E-state index is 6.57. The first kappa shape index (κ1) is 36.7. The predicted octanol–water partition coefficient (Wildman–Crippen LogP) is 8.98. The summed E-state index contributed by atoms with van der Waals surface area (Å²) in [7, 11) is 1.94. The van der Waals surface area contributed by atoms with E-state index in [1.807, 2.05) is 126 Å². The number of fused-ring (bicyclic) bond motifs is 1. The number of rotatable bonds is 7. The van der Waals surface area contributed by atoms with E-state index in [0.717, 1.165) is 38.8 Å². The molecular weight excluding hydrogens is 995 g/mol. The zero-order valence-electron chi connectivity index (χ0n) is 27.0. The van der Waals surface area contributed by atoms with Crippen molar-refractivity contribution in [2.24, 2.45) is 0 Å². The van der Waals surface area contributed by atoms with E-state index in [0.29, 0.717) is 23.0 Å². The summed E-state index contributed by atoms with van der Waals surface area (Å²) in [5.74, 6) is 2.37. The molecule has 0 aliphatic carbocycles. The van der Waals surface area contributed by atoms with Crippen LogP contribution in [0.15, 0.2) is 140 Å². The number of benzene rings is 5. The van der Waals surface area contributed by atoms with E-state index < -0.39 is 0 Å². The third-order valence-electron chi connectivity index (χ3n) is 7.35. The van der Waals surface area contributed by atoms with E-state index in [4.69, 9.17) is 15.9 Å². The molecule has 8 heteroatoms. The molecule has 0 bridgehead atoms. The van der Waals surface area contributed by atoms with E-state index in [1.165, 1.54) is 0 Å². The van der Waals surface area contributed by atoms with Crippen LogP contribution >= 0.6 is 0 Å². The molecule has 0 unspecified atom stereocenters. The second-order valence-corrected chi connectivity index (χ2v) is 10.8. The Labute approximate surface area is 326 Å². The molecule has 0 fully saturated rings. The first-order chi connectivity index (χ1) is 24.1. The summed E-state index contributed by atoms with van der Waals surface area (Å²) in [6.07, 6.45) is 15.6. The maximum absolute atomic E-state index is 6.57. The van der Waals surface area contributed by atoms with Crippen LogP contribution in [0.1, 0.15) is 0 Å². The van der Waals surface area contributed by atoms with Crippen molar-refractivity contribution in [2.45, 2.75) is 0 Å². The number of aromatic nitrogens is 2. The van der Waals surface area contributed by atoms with E-state index >= 15 is 0 Å². The van der Waals surface area contributed by atoms with Gasteiger partial charge in [-0.25, -0.2) is 24.2 Å². The zero-order valence-corrected chi connectivity index (χ0v) is 31.6. The Morgan fingerprint density at radius 2 is 1.43 bits per heavy atom. The van der Waals surface area contributed by atoms with Gasteiger partial charge < -0.3 is 25.4 Å². The Bertz CT molecular complexity index is 2410. The van der Waals surface area contributed by atoms with Crippen LogP contribution in [0.5, 0.6) is 23.0 Å². The van der Waals surface area contributed by atoms with Crippen molar-refractivity contribution in [3.8, 4) is 51.4 Å². The van der Waals surface area contributed by atoms with Gasteiger partial charge in [-0.3, -0.25) is 11.1 Å². The number of para-hydroxylation sites is 1. The fraction of sp³-hybridized carbons (Fsp3) is 0.0233. The molecule has 6 nitrogen and oxygen atoms in total. The molecular formula is C43H26N4O2Pt2+2. The Balaban J connectivity index is 0.000000503. The summed E-state index contributed by atoms with van der Waals surface area (Å²) in [6, 6.07) is 56.6. The summed E-state index contributed by atoms with van der Waals surface area (Å²) >= 11 is 0. The van der Waals surface area contributed by atoms with Gasteiger partial charge in [0, 0.05) is 35.4 Å². The summed E-state index contributed by atoms with van der Waals surface area (Å²) in [4.78, 5) is 4.56. The largest absolute Gasteiger partial charge is 4.00 e. The van der Waals surface area contributed by atoms with Crippen LogP contribution in [0, 0.1) is 42.8 Å². The Morgan fingerprint density at radius 3 is 2.14 bits per heavy atom. The normalized spacial score (nSPS) is 11.1. The van der Waals surface area contributed by atoms with Crippen molar-refractivity contribution >= 4 is 22.5 Å². The van der Waals surface area contributed by atoms with Crippen LogP contribution in [0.4, 0.5) is 5.69 Å². The van der Waals surface area contributed by atoms with Gasteiger partial charge in [0.05, 0.1) is 0 Å². The molecule has 0 saturated heterocycles. The number of ether oxygens (including phenoxy) is 2. The smallest absolute Gasteiger partial charge is 0.669 e. The van der Waals surface area contributed by atoms with Crippen molar-refractivity contribution in [3.63, 3.8) is 0 Å². The molecule has 0 saturated carbocycles. The minimum Gasteiger partial charge on any atom is -0.669 e. The van der Waals surface area contributed by atoms with Crippen LogP contribution in [-0.4, -0.2) is 31.8 Å². The molecule has 5 aromatic carbocycles. The van der Waals surface area contributed by atoms with Crippen LogP contribution in [0.25, 0.3) is 33.2 Å². The monoisotopic (exact) mass is 1020 g/mol. The average Bonchev–Trinajstić information content (AvgIpc) is 3.85. The first-order valence-electron chi connectivity index (χ1n) is 15.3.